The fourth-order valence-corrected chi connectivity index (χ4v) is 2.58. The van der Waals surface area contributed by atoms with Crippen molar-refractivity contribution in [3.63, 3.8) is 0 Å². The van der Waals surface area contributed by atoms with E-state index >= 15 is 0 Å². The summed E-state index contributed by atoms with van der Waals surface area (Å²) in [5.41, 5.74) is 1.55. The van der Waals surface area contributed by atoms with Gasteiger partial charge in [-0.1, -0.05) is 47.5 Å². The number of benzene rings is 2. The van der Waals surface area contributed by atoms with E-state index in [0.29, 0.717) is 15.5 Å². The fourth-order valence-electron chi connectivity index (χ4n) is 1.54. The van der Waals surface area contributed by atoms with Gasteiger partial charge in [0.2, 0.25) is 0 Å². The molecule has 1 atom stereocenters. The first-order valence-electron chi connectivity index (χ1n) is 5.68. The lowest BCUT2D eigenvalue weighted by Gasteiger charge is -2.01. The van der Waals surface area contributed by atoms with Crippen molar-refractivity contribution in [3.8, 4) is 0 Å². The van der Waals surface area contributed by atoms with E-state index in [0.717, 1.165) is 5.56 Å². The van der Waals surface area contributed by atoms with Gasteiger partial charge in [-0.05, 0) is 36.8 Å². The summed E-state index contributed by atoms with van der Waals surface area (Å²) in [6.45, 7) is 1.92. The van der Waals surface area contributed by atoms with Gasteiger partial charge in [0, 0.05) is 9.92 Å². The van der Waals surface area contributed by atoms with Crippen LogP contribution in [0.15, 0.2) is 58.6 Å². The Morgan fingerprint density at radius 1 is 1.16 bits per heavy atom. The summed E-state index contributed by atoms with van der Waals surface area (Å²) in [6.07, 6.45) is 1.21. The minimum Gasteiger partial charge on any atom is -0.247 e. The quantitative estimate of drug-likeness (QED) is 0.800. The van der Waals surface area contributed by atoms with E-state index in [2.05, 4.69) is 0 Å². The summed E-state index contributed by atoms with van der Waals surface area (Å²) in [5.74, 6) is 0. The first kappa shape index (κ1) is 14.0. The molecule has 0 unspecified atom stereocenters. The molecular formula is C15H12ClFOS. The van der Waals surface area contributed by atoms with Crippen LogP contribution in [0.5, 0.6) is 0 Å². The average Bonchev–Trinajstić information content (AvgIpc) is 2.41. The van der Waals surface area contributed by atoms with Crippen LogP contribution in [-0.4, -0.2) is 4.21 Å². The molecule has 0 saturated heterocycles. The van der Waals surface area contributed by atoms with E-state index in [9.17, 15) is 8.60 Å². The van der Waals surface area contributed by atoms with E-state index in [4.69, 9.17) is 11.6 Å². The highest BCUT2D eigenvalue weighted by molar-refractivity contribution is 7.89. The molecule has 2 aromatic carbocycles. The van der Waals surface area contributed by atoms with Gasteiger partial charge in [-0.3, -0.25) is 0 Å². The molecule has 2 aromatic rings. The van der Waals surface area contributed by atoms with Crippen LogP contribution in [-0.2, 0) is 10.8 Å². The Morgan fingerprint density at radius 2 is 1.79 bits per heavy atom. The molecule has 19 heavy (non-hydrogen) atoms. The molecule has 98 valence electrons. The summed E-state index contributed by atoms with van der Waals surface area (Å²) >= 11 is 5.93. The number of halogens is 2. The number of aryl methyl sites for hydroxylation is 1. The van der Waals surface area contributed by atoms with Gasteiger partial charge in [-0.25, -0.2) is 4.21 Å². The lowest BCUT2D eigenvalue weighted by molar-refractivity contribution is 0.653. The maximum Gasteiger partial charge on any atom is 0.192 e. The molecule has 0 fully saturated rings. The first-order valence-corrected chi connectivity index (χ1v) is 7.21. The molecule has 0 aliphatic rings. The van der Waals surface area contributed by atoms with Gasteiger partial charge in [0.1, 0.15) is 10.8 Å². The summed E-state index contributed by atoms with van der Waals surface area (Å²) in [7, 11) is -1.81. The minimum atomic E-state index is -1.81. The van der Waals surface area contributed by atoms with Crippen molar-refractivity contribution in [2.75, 3.05) is 0 Å². The Hall–Kier alpha value is -1.45. The highest BCUT2D eigenvalue weighted by Gasteiger charge is 2.10. The van der Waals surface area contributed by atoms with E-state index in [1.54, 1.807) is 48.5 Å². The molecule has 0 amide bonds. The SMILES string of the molecule is Cc1ccc([S@@](=O)/C(F)=C\c2ccccc2Cl)cc1. The molecule has 0 aliphatic heterocycles. The number of hydrogen-bond donors (Lipinski definition) is 0. The van der Waals surface area contributed by atoms with Gasteiger partial charge in [0.05, 0.1) is 0 Å². The molecule has 0 aliphatic carbocycles. The van der Waals surface area contributed by atoms with Crippen molar-refractivity contribution in [1.29, 1.82) is 0 Å². The third-order valence-corrected chi connectivity index (χ3v) is 4.10. The second kappa shape index (κ2) is 6.13. The van der Waals surface area contributed by atoms with E-state index in [-0.39, 0.29) is 0 Å². The van der Waals surface area contributed by atoms with Crippen molar-refractivity contribution in [3.05, 3.63) is 69.8 Å². The normalized spacial score (nSPS) is 13.3. The maximum atomic E-state index is 14.0. The average molecular weight is 295 g/mol. The summed E-state index contributed by atoms with van der Waals surface area (Å²) < 4.78 is 25.9. The minimum absolute atomic E-state index is 0.429. The third kappa shape index (κ3) is 3.52. The van der Waals surface area contributed by atoms with Crippen LogP contribution in [0.25, 0.3) is 6.08 Å². The topological polar surface area (TPSA) is 17.1 Å². The molecule has 2 rings (SSSR count). The molecule has 0 saturated carbocycles. The smallest absolute Gasteiger partial charge is 0.192 e. The Morgan fingerprint density at radius 3 is 2.42 bits per heavy atom. The summed E-state index contributed by atoms with van der Waals surface area (Å²) in [4.78, 5) is 0.436. The molecule has 0 bridgehead atoms. The van der Waals surface area contributed by atoms with Crippen molar-refractivity contribution in [2.24, 2.45) is 0 Å². The maximum absolute atomic E-state index is 14.0. The second-order valence-electron chi connectivity index (χ2n) is 4.05. The van der Waals surface area contributed by atoms with Crippen LogP contribution < -0.4 is 0 Å². The van der Waals surface area contributed by atoms with Crippen LogP contribution in [0, 0.1) is 6.92 Å². The second-order valence-corrected chi connectivity index (χ2v) is 5.86. The molecule has 0 spiro atoms. The van der Waals surface area contributed by atoms with Crippen molar-refractivity contribution >= 4 is 28.5 Å². The van der Waals surface area contributed by atoms with Gasteiger partial charge in [0.15, 0.2) is 5.16 Å². The zero-order valence-electron chi connectivity index (χ0n) is 10.3. The van der Waals surface area contributed by atoms with Crippen LogP contribution >= 0.6 is 11.6 Å². The third-order valence-electron chi connectivity index (χ3n) is 2.59. The zero-order valence-corrected chi connectivity index (χ0v) is 11.8. The molecule has 0 N–H and O–H groups in total. The van der Waals surface area contributed by atoms with Crippen LogP contribution in [0.4, 0.5) is 4.39 Å². The Bertz CT molecular complexity index is 635. The Balaban J connectivity index is 2.29. The molecule has 0 aromatic heterocycles. The van der Waals surface area contributed by atoms with Crippen molar-refractivity contribution in [1.82, 2.24) is 0 Å². The highest BCUT2D eigenvalue weighted by atomic mass is 35.5. The van der Waals surface area contributed by atoms with E-state index < -0.39 is 16.0 Å². The highest BCUT2D eigenvalue weighted by Crippen LogP contribution is 2.22. The molecule has 0 heterocycles. The van der Waals surface area contributed by atoms with Crippen molar-refractivity contribution < 1.29 is 8.60 Å². The lowest BCUT2D eigenvalue weighted by Crippen LogP contribution is -1.92. The van der Waals surface area contributed by atoms with Gasteiger partial charge in [0.25, 0.3) is 0 Å². The van der Waals surface area contributed by atoms with Crippen LogP contribution in [0.3, 0.4) is 0 Å². The standard InChI is InChI=1S/C15H12ClFOS/c1-11-6-8-13(9-7-11)19(18)15(17)10-12-4-2-3-5-14(12)16/h2-10H,1H3/b15-10-/t19-/m1/s1. The van der Waals surface area contributed by atoms with Crippen LogP contribution in [0.2, 0.25) is 5.02 Å². The van der Waals surface area contributed by atoms with Gasteiger partial charge in [-0.2, -0.15) is 4.39 Å². The van der Waals surface area contributed by atoms with Gasteiger partial charge >= 0.3 is 0 Å². The first-order chi connectivity index (χ1) is 9.08. The predicted molar refractivity (Wildman–Crippen MR) is 78.1 cm³/mol. The Kier molecular flexibility index (Phi) is 4.51. The molecule has 1 nitrogen and oxygen atoms in total. The largest absolute Gasteiger partial charge is 0.247 e. The number of hydrogen-bond acceptors (Lipinski definition) is 1. The summed E-state index contributed by atoms with van der Waals surface area (Å²) in [5, 5.41) is -0.282. The molecule has 0 radical (unpaired) electrons. The van der Waals surface area contributed by atoms with Gasteiger partial charge in [-0.15, -0.1) is 0 Å². The summed E-state index contributed by atoms with van der Waals surface area (Å²) in [6, 6.07) is 13.8. The molecular weight excluding hydrogens is 283 g/mol. The van der Waals surface area contributed by atoms with Crippen LogP contribution in [0.1, 0.15) is 11.1 Å². The number of rotatable bonds is 3. The fraction of sp³-hybridized carbons (Fsp3) is 0.0667. The Labute approximate surface area is 119 Å². The monoisotopic (exact) mass is 294 g/mol. The van der Waals surface area contributed by atoms with E-state index in [1.165, 1.54) is 6.08 Å². The predicted octanol–water partition coefficient (Wildman–Crippen LogP) is 4.72. The van der Waals surface area contributed by atoms with Gasteiger partial charge < -0.3 is 0 Å². The van der Waals surface area contributed by atoms with Crippen molar-refractivity contribution in [2.45, 2.75) is 11.8 Å². The van der Waals surface area contributed by atoms with E-state index in [1.807, 2.05) is 6.92 Å². The zero-order chi connectivity index (χ0) is 13.8. The molecule has 4 heteroatoms. The lowest BCUT2D eigenvalue weighted by atomic mass is 10.2.